The molecule has 0 atom stereocenters. The first-order valence-corrected chi connectivity index (χ1v) is 9.21. The number of hydrogen-bond acceptors (Lipinski definition) is 4. The third-order valence-corrected chi connectivity index (χ3v) is 4.75. The first-order chi connectivity index (χ1) is 10.9. The minimum absolute atomic E-state index is 0.103. The lowest BCUT2D eigenvalue weighted by Crippen LogP contribution is -2.14. The van der Waals surface area contributed by atoms with Crippen LogP contribution in [-0.4, -0.2) is 19.9 Å². The van der Waals surface area contributed by atoms with Crippen molar-refractivity contribution in [3.8, 4) is 0 Å². The van der Waals surface area contributed by atoms with Gasteiger partial charge in [0.1, 0.15) is 5.82 Å². The summed E-state index contributed by atoms with van der Waals surface area (Å²) in [5, 5.41) is 3.61. The lowest BCUT2D eigenvalue weighted by Gasteiger charge is -2.10. The van der Waals surface area contributed by atoms with Crippen LogP contribution in [-0.2, 0) is 10.0 Å². The lowest BCUT2D eigenvalue weighted by molar-refractivity contribution is 0.601. The van der Waals surface area contributed by atoms with Crippen molar-refractivity contribution in [3.05, 3.63) is 47.6 Å². The van der Waals surface area contributed by atoms with E-state index in [0.717, 1.165) is 18.7 Å². The number of rotatable bonds is 7. The monoisotopic (exact) mass is 353 g/mol. The molecule has 7 heteroatoms. The highest BCUT2D eigenvalue weighted by molar-refractivity contribution is 7.92. The van der Waals surface area contributed by atoms with Crippen LogP contribution >= 0.6 is 11.6 Å². The van der Waals surface area contributed by atoms with Crippen LogP contribution in [0.5, 0.6) is 0 Å². The molecular formula is C16H20ClN3O2S. The van der Waals surface area contributed by atoms with E-state index >= 15 is 0 Å². The fourth-order valence-corrected chi connectivity index (χ4v) is 3.20. The van der Waals surface area contributed by atoms with Gasteiger partial charge in [-0.1, -0.05) is 31.5 Å². The summed E-state index contributed by atoms with van der Waals surface area (Å²) < 4.78 is 27.0. The Hall–Kier alpha value is -1.79. The summed E-state index contributed by atoms with van der Waals surface area (Å²) >= 11 is 5.83. The molecule has 1 aromatic heterocycles. The van der Waals surface area contributed by atoms with Crippen LogP contribution in [0.25, 0.3) is 0 Å². The molecule has 0 fully saturated rings. The van der Waals surface area contributed by atoms with Gasteiger partial charge in [0.25, 0.3) is 10.0 Å². The summed E-state index contributed by atoms with van der Waals surface area (Å²) in [5.41, 5.74) is 0.858. The van der Waals surface area contributed by atoms with Crippen molar-refractivity contribution in [3.63, 3.8) is 0 Å². The molecule has 2 rings (SSSR count). The second-order valence-corrected chi connectivity index (χ2v) is 7.72. The van der Waals surface area contributed by atoms with Gasteiger partial charge in [-0.15, -0.1) is 0 Å². The van der Waals surface area contributed by atoms with Gasteiger partial charge >= 0.3 is 0 Å². The van der Waals surface area contributed by atoms with Crippen molar-refractivity contribution < 1.29 is 8.42 Å². The SMILES string of the molecule is CC(C)CCNc1ccc(NS(=O)(=O)c2cccc(Cl)c2)nc1. The van der Waals surface area contributed by atoms with Gasteiger partial charge in [0.05, 0.1) is 16.8 Å². The smallest absolute Gasteiger partial charge is 0.263 e. The van der Waals surface area contributed by atoms with Gasteiger partial charge in [0, 0.05) is 11.6 Å². The number of halogens is 1. The Morgan fingerprint density at radius 2 is 2.00 bits per heavy atom. The zero-order valence-electron chi connectivity index (χ0n) is 13.1. The van der Waals surface area contributed by atoms with Gasteiger partial charge in [0.2, 0.25) is 0 Å². The summed E-state index contributed by atoms with van der Waals surface area (Å²) in [5.74, 6) is 0.888. The lowest BCUT2D eigenvalue weighted by atomic mass is 10.1. The Kier molecular flexibility index (Phi) is 5.85. The number of nitrogens with one attached hydrogen (secondary N) is 2. The quantitative estimate of drug-likeness (QED) is 0.789. The van der Waals surface area contributed by atoms with E-state index in [2.05, 4.69) is 28.9 Å². The van der Waals surface area contributed by atoms with Crippen LogP contribution < -0.4 is 10.0 Å². The van der Waals surface area contributed by atoms with E-state index in [1.165, 1.54) is 12.1 Å². The van der Waals surface area contributed by atoms with Crippen LogP contribution in [0.15, 0.2) is 47.5 Å². The minimum atomic E-state index is -3.69. The minimum Gasteiger partial charge on any atom is -0.384 e. The molecule has 5 nitrogen and oxygen atoms in total. The van der Waals surface area contributed by atoms with E-state index in [0.29, 0.717) is 10.9 Å². The summed E-state index contributed by atoms with van der Waals surface area (Å²) in [4.78, 5) is 4.23. The standard InChI is InChI=1S/C16H20ClN3O2S/c1-12(2)8-9-18-14-6-7-16(19-11-14)20-23(21,22)15-5-3-4-13(17)10-15/h3-7,10-12,18H,8-9H2,1-2H3,(H,19,20). The maximum atomic E-state index is 12.3. The molecule has 0 aliphatic rings. The van der Waals surface area contributed by atoms with Crippen molar-refractivity contribution in [1.29, 1.82) is 0 Å². The molecular weight excluding hydrogens is 334 g/mol. The number of pyridine rings is 1. The highest BCUT2D eigenvalue weighted by Crippen LogP contribution is 2.19. The third-order valence-electron chi connectivity index (χ3n) is 3.16. The number of benzene rings is 1. The topological polar surface area (TPSA) is 71.1 Å². The second kappa shape index (κ2) is 7.66. The van der Waals surface area contributed by atoms with Gasteiger partial charge in [-0.25, -0.2) is 13.4 Å². The van der Waals surface area contributed by atoms with E-state index < -0.39 is 10.0 Å². The molecule has 0 unspecified atom stereocenters. The first kappa shape index (κ1) is 17.6. The average Bonchev–Trinajstić information content (AvgIpc) is 2.48. The predicted octanol–water partition coefficient (Wildman–Crippen LogP) is 3.99. The number of hydrogen-bond donors (Lipinski definition) is 2. The van der Waals surface area contributed by atoms with E-state index in [4.69, 9.17) is 11.6 Å². The van der Waals surface area contributed by atoms with Gasteiger partial charge in [0.15, 0.2) is 0 Å². The molecule has 0 aliphatic carbocycles. The van der Waals surface area contributed by atoms with Crippen LogP contribution in [0.1, 0.15) is 20.3 Å². The zero-order valence-corrected chi connectivity index (χ0v) is 14.7. The zero-order chi connectivity index (χ0) is 16.9. The molecule has 2 aromatic rings. The Morgan fingerprint density at radius 1 is 1.22 bits per heavy atom. The molecule has 0 aliphatic heterocycles. The van der Waals surface area contributed by atoms with E-state index in [-0.39, 0.29) is 10.7 Å². The molecule has 0 saturated carbocycles. The number of nitrogens with zero attached hydrogens (tertiary/aromatic N) is 1. The summed E-state index contributed by atoms with van der Waals surface area (Å²) in [6.45, 7) is 5.17. The summed E-state index contributed by atoms with van der Waals surface area (Å²) in [6.07, 6.45) is 2.67. The van der Waals surface area contributed by atoms with Crippen molar-refractivity contribution in [2.45, 2.75) is 25.2 Å². The number of sulfonamides is 1. The van der Waals surface area contributed by atoms with Gasteiger partial charge in [-0.2, -0.15) is 0 Å². The molecule has 0 spiro atoms. The molecule has 0 amide bonds. The van der Waals surface area contributed by atoms with Crippen LogP contribution in [0.3, 0.4) is 0 Å². The van der Waals surface area contributed by atoms with Crippen LogP contribution in [0.4, 0.5) is 11.5 Å². The highest BCUT2D eigenvalue weighted by Gasteiger charge is 2.15. The summed E-state index contributed by atoms with van der Waals surface area (Å²) in [6, 6.07) is 9.51. The number of anilines is 2. The summed E-state index contributed by atoms with van der Waals surface area (Å²) in [7, 11) is -3.69. The van der Waals surface area contributed by atoms with Crippen molar-refractivity contribution >= 4 is 33.1 Å². The van der Waals surface area contributed by atoms with E-state index in [1.807, 2.05) is 0 Å². The predicted molar refractivity (Wildman–Crippen MR) is 94.4 cm³/mol. The molecule has 0 bridgehead atoms. The molecule has 1 aromatic carbocycles. The maximum Gasteiger partial charge on any atom is 0.263 e. The fourth-order valence-electron chi connectivity index (χ4n) is 1.89. The van der Waals surface area contributed by atoms with Gasteiger partial charge < -0.3 is 5.32 Å². The third kappa shape index (κ3) is 5.41. The highest BCUT2D eigenvalue weighted by atomic mass is 35.5. The largest absolute Gasteiger partial charge is 0.384 e. The Morgan fingerprint density at radius 3 is 2.61 bits per heavy atom. The molecule has 124 valence electrons. The van der Waals surface area contributed by atoms with E-state index in [1.54, 1.807) is 30.5 Å². The molecule has 0 saturated heterocycles. The van der Waals surface area contributed by atoms with Crippen molar-refractivity contribution in [2.75, 3.05) is 16.6 Å². The molecule has 1 heterocycles. The van der Waals surface area contributed by atoms with E-state index in [9.17, 15) is 8.42 Å². The average molecular weight is 354 g/mol. The maximum absolute atomic E-state index is 12.3. The molecule has 23 heavy (non-hydrogen) atoms. The first-order valence-electron chi connectivity index (χ1n) is 7.35. The van der Waals surface area contributed by atoms with Gasteiger partial charge in [-0.05, 0) is 42.7 Å². The molecule has 2 N–H and O–H groups in total. The Balaban J connectivity index is 2.03. The molecule has 0 radical (unpaired) electrons. The second-order valence-electron chi connectivity index (χ2n) is 5.60. The fraction of sp³-hybridized carbons (Fsp3) is 0.312. The van der Waals surface area contributed by atoms with Crippen LogP contribution in [0, 0.1) is 5.92 Å². The Bertz CT molecular complexity index is 746. The van der Waals surface area contributed by atoms with Crippen molar-refractivity contribution in [1.82, 2.24) is 4.98 Å². The van der Waals surface area contributed by atoms with Crippen molar-refractivity contribution in [2.24, 2.45) is 5.92 Å². The number of aromatic nitrogens is 1. The normalized spacial score (nSPS) is 11.5. The van der Waals surface area contributed by atoms with Gasteiger partial charge in [-0.3, -0.25) is 4.72 Å². The Labute approximate surface area is 142 Å². The van der Waals surface area contributed by atoms with Crippen LogP contribution in [0.2, 0.25) is 5.02 Å².